The molecule has 1 aliphatic heterocycles. The Morgan fingerprint density at radius 2 is 2.10 bits per heavy atom. The minimum absolute atomic E-state index is 0.251. The van der Waals surface area contributed by atoms with Crippen LogP contribution in [-0.2, 0) is 4.74 Å². The predicted octanol–water partition coefficient (Wildman–Crippen LogP) is 2.19. The summed E-state index contributed by atoms with van der Waals surface area (Å²) in [5, 5.41) is 24.4. The first-order valence-corrected chi connectivity index (χ1v) is 11.0. The number of thioether (sulfide) groups is 1. The van der Waals surface area contributed by atoms with Gasteiger partial charge in [-0.3, -0.25) is 4.57 Å². The van der Waals surface area contributed by atoms with Crippen molar-refractivity contribution in [3.63, 3.8) is 0 Å². The van der Waals surface area contributed by atoms with E-state index in [0.717, 1.165) is 31.4 Å². The van der Waals surface area contributed by atoms with Crippen LogP contribution in [0.5, 0.6) is 0 Å². The number of hydrogen-bond donors (Lipinski definition) is 3. The molecule has 0 aliphatic carbocycles. The number of nitrogens with two attached hydrogens (primary N) is 1. The third kappa shape index (κ3) is 5.41. The number of rotatable bonds is 11. The maximum absolute atomic E-state index is 10.5. The van der Waals surface area contributed by atoms with E-state index in [4.69, 9.17) is 16.0 Å². The second-order valence-corrected chi connectivity index (χ2v) is 8.02. The standard InChI is InChI=1S/C18H26N8O3S/c19-16-13-17(22-10-21-16)26(11-23-13)18-15(28)14(27)12(29-18)9-30-8-6-4-2-1-3-5-7-24-25-20/h4,6,10-12,14-15,18,27-28H,1-3,5,7-9H2,(H2,19,21,22)/b6-4+/t12-,14?,15?,18-/m1/s1. The van der Waals surface area contributed by atoms with Crippen molar-refractivity contribution in [3.8, 4) is 0 Å². The van der Waals surface area contributed by atoms with Gasteiger partial charge in [-0.2, -0.15) is 11.8 Å². The van der Waals surface area contributed by atoms with E-state index in [-0.39, 0.29) is 5.82 Å². The lowest BCUT2D eigenvalue weighted by molar-refractivity contribution is -0.0288. The van der Waals surface area contributed by atoms with Gasteiger partial charge in [-0.05, 0) is 24.8 Å². The Balaban J connectivity index is 1.43. The minimum Gasteiger partial charge on any atom is -0.387 e. The molecule has 2 unspecified atom stereocenters. The van der Waals surface area contributed by atoms with Gasteiger partial charge in [0.15, 0.2) is 17.7 Å². The molecule has 30 heavy (non-hydrogen) atoms. The van der Waals surface area contributed by atoms with Crippen LogP contribution in [0.25, 0.3) is 21.6 Å². The van der Waals surface area contributed by atoms with Crippen LogP contribution >= 0.6 is 11.8 Å². The van der Waals surface area contributed by atoms with Crippen molar-refractivity contribution in [3.05, 3.63) is 35.2 Å². The van der Waals surface area contributed by atoms with Crippen LogP contribution in [0.2, 0.25) is 0 Å². The van der Waals surface area contributed by atoms with Gasteiger partial charge in [0, 0.05) is 23.0 Å². The molecule has 0 radical (unpaired) electrons. The highest BCUT2D eigenvalue weighted by Crippen LogP contribution is 2.33. The Morgan fingerprint density at radius 1 is 1.23 bits per heavy atom. The van der Waals surface area contributed by atoms with Gasteiger partial charge in [0.05, 0.1) is 12.4 Å². The Morgan fingerprint density at radius 3 is 2.93 bits per heavy atom. The monoisotopic (exact) mass is 434 g/mol. The van der Waals surface area contributed by atoms with Crippen LogP contribution in [0.1, 0.15) is 31.9 Å². The SMILES string of the molecule is [N-]=[N+]=NCCCCC/C=C/CSC[C@H]1O[C@@H](n2cnc3c(N)ncnc32)C(O)C1O. The normalized spacial score (nSPS) is 23.9. The lowest BCUT2D eigenvalue weighted by atomic mass is 10.1. The molecule has 0 spiro atoms. The van der Waals surface area contributed by atoms with E-state index in [2.05, 4.69) is 37.1 Å². The second-order valence-electron chi connectivity index (χ2n) is 6.94. The fourth-order valence-corrected chi connectivity index (χ4v) is 4.17. The number of allylic oxidation sites excluding steroid dienone is 1. The molecule has 4 atom stereocenters. The molecule has 0 saturated carbocycles. The van der Waals surface area contributed by atoms with Gasteiger partial charge < -0.3 is 20.7 Å². The van der Waals surface area contributed by atoms with E-state index in [0.29, 0.717) is 23.5 Å². The summed E-state index contributed by atoms with van der Waals surface area (Å²) >= 11 is 1.63. The number of imidazole rings is 1. The summed E-state index contributed by atoms with van der Waals surface area (Å²) in [6.45, 7) is 0.557. The van der Waals surface area contributed by atoms with Crippen molar-refractivity contribution < 1.29 is 14.9 Å². The fourth-order valence-electron chi connectivity index (χ4n) is 3.26. The molecule has 2 aromatic heterocycles. The quantitative estimate of drug-likeness (QED) is 0.159. The summed E-state index contributed by atoms with van der Waals surface area (Å²) < 4.78 is 7.49. The Labute approximate surface area is 178 Å². The molecular formula is C18H26N8O3S. The first kappa shape index (κ1) is 22.3. The van der Waals surface area contributed by atoms with Gasteiger partial charge >= 0.3 is 0 Å². The Hall–Kier alpha value is -2.37. The highest BCUT2D eigenvalue weighted by Gasteiger charge is 2.44. The van der Waals surface area contributed by atoms with Crippen molar-refractivity contribution in [2.75, 3.05) is 23.8 Å². The zero-order chi connectivity index (χ0) is 21.3. The summed E-state index contributed by atoms with van der Waals surface area (Å²) in [6, 6.07) is 0. The van der Waals surface area contributed by atoms with Gasteiger partial charge in [0.25, 0.3) is 0 Å². The summed E-state index contributed by atoms with van der Waals surface area (Å²) in [5.74, 6) is 1.60. The molecule has 0 bridgehead atoms. The maximum Gasteiger partial charge on any atom is 0.167 e. The molecule has 162 valence electrons. The van der Waals surface area contributed by atoms with Crippen LogP contribution < -0.4 is 5.73 Å². The number of anilines is 1. The minimum atomic E-state index is -1.09. The number of hydrogen-bond acceptors (Lipinski definition) is 9. The molecule has 4 N–H and O–H groups in total. The largest absolute Gasteiger partial charge is 0.387 e. The van der Waals surface area contributed by atoms with Gasteiger partial charge in [0.2, 0.25) is 0 Å². The molecule has 0 aromatic carbocycles. The molecule has 1 aliphatic rings. The number of nitrogens with zero attached hydrogens (tertiary/aromatic N) is 7. The van der Waals surface area contributed by atoms with E-state index < -0.39 is 24.5 Å². The van der Waals surface area contributed by atoms with Crippen molar-refractivity contribution in [2.45, 2.75) is 50.2 Å². The molecular weight excluding hydrogens is 408 g/mol. The smallest absolute Gasteiger partial charge is 0.167 e. The molecule has 3 heterocycles. The average molecular weight is 435 g/mol. The number of aliphatic hydroxyl groups excluding tert-OH is 2. The van der Waals surface area contributed by atoms with Gasteiger partial charge in [-0.15, -0.1) is 0 Å². The number of aromatic nitrogens is 4. The molecule has 2 aromatic rings. The van der Waals surface area contributed by atoms with Crippen LogP contribution in [0.15, 0.2) is 29.9 Å². The summed E-state index contributed by atoms with van der Waals surface area (Å²) in [5.41, 5.74) is 14.9. The molecule has 11 nitrogen and oxygen atoms in total. The highest BCUT2D eigenvalue weighted by atomic mass is 32.2. The van der Waals surface area contributed by atoms with Crippen LogP contribution in [0.3, 0.4) is 0 Å². The van der Waals surface area contributed by atoms with E-state index >= 15 is 0 Å². The lowest BCUT2D eigenvalue weighted by Gasteiger charge is -2.16. The topological polar surface area (TPSA) is 168 Å². The fraction of sp³-hybridized carbons (Fsp3) is 0.611. The third-order valence-corrected chi connectivity index (χ3v) is 5.85. The number of unbranched alkanes of at least 4 members (excludes halogenated alkanes) is 3. The number of ether oxygens (including phenoxy) is 1. The molecule has 1 saturated heterocycles. The molecule has 12 heteroatoms. The average Bonchev–Trinajstić information content (AvgIpc) is 3.29. The molecule has 0 amide bonds. The van der Waals surface area contributed by atoms with Gasteiger partial charge in [-0.1, -0.05) is 23.7 Å². The van der Waals surface area contributed by atoms with E-state index in [9.17, 15) is 10.2 Å². The number of nitrogen functional groups attached to an aromatic ring is 1. The summed E-state index contributed by atoms with van der Waals surface area (Å²) in [7, 11) is 0. The van der Waals surface area contributed by atoms with Crippen molar-refractivity contribution in [1.82, 2.24) is 19.5 Å². The predicted molar refractivity (Wildman–Crippen MR) is 115 cm³/mol. The van der Waals surface area contributed by atoms with Crippen LogP contribution in [0.4, 0.5) is 5.82 Å². The van der Waals surface area contributed by atoms with Crippen LogP contribution in [0, 0.1) is 0 Å². The highest BCUT2D eigenvalue weighted by molar-refractivity contribution is 7.99. The molecule has 3 rings (SSSR count). The van der Waals surface area contributed by atoms with E-state index in [1.807, 2.05) is 0 Å². The number of aliphatic hydroxyl groups is 2. The molecule has 1 fully saturated rings. The summed E-state index contributed by atoms with van der Waals surface area (Å²) in [4.78, 5) is 15.0. The van der Waals surface area contributed by atoms with Gasteiger partial charge in [-0.25, -0.2) is 15.0 Å². The zero-order valence-electron chi connectivity index (χ0n) is 16.5. The van der Waals surface area contributed by atoms with E-state index in [1.165, 1.54) is 12.7 Å². The lowest BCUT2D eigenvalue weighted by Crippen LogP contribution is -2.32. The van der Waals surface area contributed by atoms with Crippen LogP contribution in [-0.4, -0.2) is 66.1 Å². The van der Waals surface area contributed by atoms with E-state index in [1.54, 1.807) is 16.3 Å². The van der Waals surface area contributed by atoms with Gasteiger partial charge in [0.1, 0.15) is 24.1 Å². The maximum atomic E-state index is 10.5. The number of azide groups is 1. The van der Waals surface area contributed by atoms with Crippen molar-refractivity contribution >= 4 is 28.7 Å². The third-order valence-electron chi connectivity index (χ3n) is 4.85. The first-order chi connectivity index (χ1) is 14.6. The summed E-state index contributed by atoms with van der Waals surface area (Å²) in [6.07, 6.45) is 7.66. The number of fused-ring (bicyclic) bond motifs is 1. The zero-order valence-corrected chi connectivity index (χ0v) is 17.3. The Bertz CT molecular complexity index is 901. The van der Waals surface area contributed by atoms with Crippen molar-refractivity contribution in [1.29, 1.82) is 0 Å². The first-order valence-electron chi connectivity index (χ1n) is 9.81. The van der Waals surface area contributed by atoms with Crippen molar-refractivity contribution in [2.24, 2.45) is 5.11 Å². The second kappa shape index (κ2) is 11.1. The Kier molecular flexibility index (Phi) is 8.29.